The fourth-order valence-electron chi connectivity index (χ4n) is 1.93. The molecule has 1 aliphatic heterocycles. The van der Waals surface area contributed by atoms with Crippen LogP contribution < -0.4 is 5.73 Å². The highest BCUT2D eigenvalue weighted by molar-refractivity contribution is 5.99. The topological polar surface area (TPSA) is 49.6 Å². The van der Waals surface area contributed by atoms with E-state index in [0.717, 1.165) is 13.1 Å². The van der Waals surface area contributed by atoms with Crippen LogP contribution in [0.4, 0.5) is 10.1 Å². The Hall–Kier alpha value is -1.62. The number of amides is 1. The molecule has 1 aliphatic rings. The standard InChI is InChI=1S/C12H16FN3O/c1-15-5-7-16(8-6-15)12(17)11-9(13)3-2-4-10(11)14/h2-4H,5-8,14H2,1H3. The molecule has 0 saturated carbocycles. The number of carbonyl (C=O) groups excluding carboxylic acids is 1. The molecule has 1 saturated heterocycles. The van der Waals surface area contributed by atoms with Gasteiger partial charge in [0.1, 0.15) is 5.82 Å². The van der Waals surface area contributed by atoms with Crippen molar-refractivity contribution in [1.82, 2.24) is 9.80 Å². The molecular formula is C12H16FN3O. The van der Waals surface area contributed by atoms with Crippen molar-refractivity contribution in [2.24, 2.45) is 0 Å². The molecule has 1 aromatic carbocycles. The Morgan fingerprint density at radius 2 is 1.94 bits per heavy atom. The number of hydrogen-bond donors (Lipinski definition) is 1. The molecule has 1 amide bonds. The maximum absolute atomic E-state index is 13.6. The highest BCUT2D eigenvalue weighted by atomic mass is 19.1. The molecule has 2 rings (SSSR count). The van der Waals surface area contributed by atoms with Crippen molar-refractivity contribution in [3.05, 3.63) is 29.6 Å². The number of likely N-dealkylation sites (N-methyl/N-ethyl adjacent to an activating group) is 1. The molecule has 5 heteroatoms. The minimum atomic E-state index is -0.547. The fourth-order valence-corrected chi connectivity index (χ4v) is 1.93. The first kappa shape index (κ1) is 11.9. The summed E-state index contributed by atoms with van der Waals surface area (Å²) in [7, 11) is 2.00. The zero-order chi connectivity index (χ0) is 12.4. The summed E-state index contributed by atoms with van der Waals surface area (Å²) in [5, 5.41) is 0. The van der Waals surface area contributed by atoms with E-state index < -0.39 is 5.82 Å². The second-order valence-corrected chi connectivity index (χ2v) is 4.30. The van der Waals surface area contributed by atoms with E-state index in [1.807, 2.05) is 7.05 Å². The normalized spacial score (nSPS) is 17.2. The van der Waals surface area contributed by atoms with E-state index in [0.29, 0.717) is 13.1 Å². The van der Waals surface area contributed by atoms with Crippen LogP contribution in [0.1, 0.15) is 10.4 Å². The summed E-state index contributed by atoms with van der Waals surface area (Å²) < 4.78 is 13.6. The molecule has 92 valence electrons. The van der Waals surface area contributed by atoms with Gasteiger partial charge in [0.25, 0.3) is 5.91 Å². The summed E-state index contributed by atoms with van der Waals surface area (Å²) in [5.41, 5.74) is 5.86. The van der Waals surface area contributed by atoms with Gasteiger partial charge in [0.2, 0.25) is 0 Å². The summed E-state index contributed by atoms with van der Waals surface area (Å²) in [6.07, 6.45) is 0. The van der Waals surface area contributed by atoms with Crippen LogP contribution in [0.5, 0.6) is 0 Å². The summed E-state index contributed by atoms with van der Waals surface area (Å²) in [6.45, 7) is 2.84. The molecule has 0 aromatic heterocycles. The van der Waals surface area contributed by atoms with E-state index in [4.69, 9.17) is 5.73 Å². The van der Waals surface area contributed by atoms with Crippen LogP contribution >= 0.6 is 0 Å². The van der Waals surface area contributed by atoms with Gasteiger partial charge in [-0.3, -0.25) is 4.79 Å². The monoisotopic (exact) mass is 237 g/mol. The predicted octanol–water partition coefficient (Wildman–Crippen LogP) is 0.795. The van der Waals surface area contributed by atoms with Gasteiger partial charge in [-0.15, -0.1) is 0 Å². The van der Waals surface area contributed by atoms with Crippen LogP contribution in [0.25, 0.3) is 0 Å². The average Bonchev–Trinajstić information content (AvgIpc) is 2.29. The van der Waals surface area contributed by atoms with Crippen LogP contribution in [0.15, 0.2) is 18.2 Å². The van der Waals surface area contributed by atoms with Crippen LogP contribution in [-0.2, 0) is 0 Å². The third-order valence-electron chi connectivity index (χ3n) is 3.05. The van der Waals surface area contributed by atoms with Gasteiger partial charge in [-0.25, -0.2) is 4.39 Å². The van der Waals surface area contributed by atoms with Gasteiger partial charge in [0.05, 0.1) is 5.56 Å². The maximum atomic E-state index is 13.6. The van der Waals surface area contributed by atoms with E-state index >= 15 is 0 Å². The number of benzene rings is 1. The molecule has 1 heterocycles. The molecule has 4 nitrogen and oxygen atoms in total. The molecule has 2 N–H and O–H groups in total. The molecule has 0 radical (unpaired) electrons. The third-order valence-corrected chi connectivity index (χ3v) is 3.05. The number of piperazine rings is 1. The average molecular weight is 237 g/mol. The van der Waals surface area contributed by atoms with Crippen LogP contribution in [0, 0.1) is 5.82 Å². The van der Waals surface area contributed by atoms with E-state index in [1.165, 1.54) is 12.1 Å². The number of anilines is 1. The van der Waals surface area contributed by atoms with Crippen molar-refractivity contribution in [3.8, 4) is 0 Å². The summed E-state index contributed by atoms with van der Waals surface area (Å²) in [5.74, 6) is -0.859. The number of nitrogen functional groups attached to an aromatic ring is 1. The number of rotatable bonds is 1. The first-order valence-electron chi connectivity index (χ1n) is 5.61. The second-order valence-electron chi connectivity index (χ2n) is 4.30. The molecule has 0 aliphatic carbocycles. The molecule has 0 spiro atoms. The highest BCUT2D eigenvalue weighted by Gasteiger charge is 2.24. The quantitative estimate of drug-likeness (QED) is 0.735. The Bertz CT molecular complexity index is 408. The minimum absolute atomic E-state index is 0.00273. The van der Waals surface area contributed by atoms with Gasteiger partial charge in [-0.2, -0.15) is 0 Å². The zero-order valence-corrected chi connectivity index (χ0v) is 9.82. The van der Waals surface area contributed by atoms with E-state index in [2.05, 4.69) is 4.90 Å². The lowest BCUT2D eigenvalue weighted by atomic mass is 10.1. The van der Waals surface area contributed by atoms with Crippen LogP contribution in [0.3, 0.4) is 0 Å². The maximum Gasteiger partial charge on any atom is 0.259 e. The first-order valence-corrected chi connectivity index (χ1v) is 5.61. The SMILES string of the molecule is CN1CCN(C(=O)c2c(N)cccc2F)CC1. The molecule has 1 aromatic rings. The third kappa shape index (κ3) is 2.39. The Morgan fingerprint density at radius 1 is 1.29 bits per heavy atom. The number of halogens is 1. The summed E-state index contributed by atoms with van der Waals surface area (Å²) in [6, 6.07) is 4.32. The van der Waals surface area contributed by atoms with Gasteiger partial charge in [-0.1, -0.05) is 6.07 Å². The van der Waals surface area contributed by atoms with Crippen molar-refractivity contribution in [1.29, 1.82) is 0 Å². The van der Waals surface area contributed by atoms with E-state index in [9.17, 15) is 9.18 Å². The van der Waals surface area contributed by atoms with Gasteiger partial charge in [0, 0.05) is 31.9 Å². The second kappa shape index (κ2) is 4.71. The minimum Gasteiger partial charge on any atom is -0.398 e. The van der Waals surface area contributed by atoms with Crippen molar-refractivity contribution in [2.75, 3.05) is 39.0 Å². The van der Waals surface area contributed by atoms with E-state index in [1.54, 1.807) is 11.0 Å². The molecule has 0 atom stereocenters. The molecular weight excluding hydrogens is 221 g/mol. The Balaban J connectivity index is 2.20. The van der Waals surface area contributed by atoms with E-state index in [-0.39, 0.29) is 17.2 Å². The summed E-state index contributed by atoms with van der Waals surface area (Å²) in [4.78, 5) is 15.9. The largest absolute Gasteiger partial charge is 0.398 e. The molecule has 0 bridgehead atoms. The zero-order valence-electron chi connectivity index (χ0n) is 9.82. The smallest absolute Gasteiger partial charge is 0.259 e. The lowest BCUT2D eigenvalue weighted by molar-refractivity contribution is 0.0660. The highest BCUT2D eigenvalue weighted by Crippen LogP contribution is 2.18. The number of carbonyl (C=O) groups is 1. The van der Waals surface area contributed by atoms with Gasteiger partial charge < -0.3 is 15.5 Å². The van der Waals surface area contributed by atoms with Crippen LogP contribution in [0.2, 0.25) is 0 Å². The molecule has 1 fully saturated rings. The van der Waals surface area contributed by atoms with Gasteiger partial charge in [0.15, 0.2) is 0 Å². The van der Waals surface area contributed by atoms with Crippen molar-refractivity contribution in [3.63, 3.8) is 0 Å². The fraction of sp³-hybridized carbons (Fsp3) is 0.417. The molecule has 17 heavy (non-hydrogen) atoms. The Morgan fingerprint density at radius 3 is 2.53 bits per heavy atom. The lowest BCUT2D eigenvalue weighted by Gasteiger charge is -2.32. The first-order chi connectivity index (χ1) is 8.09. The van der Waals surface area contributed by atoms with Gasteiger partial charge in [-0.05, 0) is 19.2 Å². The Labute approximate surface area is 99.8 Å². The van der Waals surface area contributed by atoms with Crippen molar-refractivity contribution < 1.29 is 9.18 Å². The van der Waals surface area contributed by atoms with Crippen molar-refractivity contribution in [2.45, 2.75) is 0 Å². The predicted molar refractivity (Wildman–Crippen MR) is 64.2 cm³/mol. The van der Waals surface area contributed by atoms with Gasteiger partial charge >= 0.3 is 0 Å². The molecule has 0 unspecified atom stereocenters. The Kier molecular flexibility index (Phi) is 3.28. The number of nitrogens with zero attached hydrogens (tertiary/aromatic N) is 2. The number of hydrogen-bond acceptors (Lipinski definition) is 3. The number of nitrogens with two attached hydrogens (primary N) is 1. The summed E-state index contributed by atoms with van der Waals surface area (Å²) >= 11 is 0. The lowest BCUT2D eigenvalue weighted by Crippen LogP contribution is -2.47. The van der Waals surface area contributed by atoms with Crippen LogP contribution in [-0.4, -0.2) is 48.9 Å². The van der Waals surface area contributed by atoms with Crippen molar-refractivity contribution >= 4 is 11.6 Å².